The number of pyridine rings is 1. The van der Waals surface area contributed by atoms with Gasteiger partial charge in [-0.25, -0.2) is 0 Å². The molecule has 0 unspecified atom stereocenters. The third-order valence-electron chi connectivity index (χ3n) is 3.03. The maximum Gasteiger partial charge on any atom is 0.375 e. The van der Waals surface area contributed by atoms with Crippen LogP contribution in [0.5, 0.6) is 5.75 Å². The van der Waals surface area contributed by atoms with Gasteiger partial charge in [0.15, 0.2) is 0 Å². The summed E-state index contributed by atoms with van der Waals surface area (Å²) in [5.41, 5.74) is 2.39. The third-order valence-corrected chi connectivity index (χ3v) is 3.69. The van der Waals surface area contributed by atoms with Crippen molar-refractivity contribution in [1.82, 2.24) is 4.98 Å². The van der Waals surface area contributed by atoms with Crippen LogP contribution in [0.4, 0.5) is 0 Å². The highest BCUT2D eigenvalue weighted by Gasteiger charge is 2.15. The van der Waals surface area contributed by atoms with Crippen LogP contribution in [0.2, 0.25) is 0 Å². The number of hydrogen-bond donors (Lipinski definition) is 2. The molecule has 6 heteroatoms. The molecule has 1 heterocycles. The number of nitrogens with zero attached hydrogens (tertiary/aromatic N) is 1. The number of hydrogen-bond acceptors (Lipinski definition) is 3. The zero-order valence-corrected chi connectivity index (χ0v) is 12.6. The summed E-state index contributed by atoms with van der Waals surface area (Å²) in [5.74, 6) is 0.337. The van der Waals surface area contributed by atoms with Gasteiger partial charge in [-0.3, -0.25) is 4.98 Å². The van der Waals surface area contributed by atoms with E-state index in [-0.39, 0.29) is 0 Å². The minimum Gasteiger partial charge on any atom is -0.424 e. The Labute approximate surface area is 126 Å². The number of fused-ring (bicyclic) bond motifs is 1. The van der Waals surface area contributed by atoms with Gasteiger partial charge in [-0.1, -0.05) is 42.5 Å². The van der Waals surface area contributed by atoms with Crippen LogP contribution >= 0.6 is 6.72 Å². The van der Waals surface area contributed by atoms with Gasteiger partial charge in [0, 0.05) is 34.5 Å². The predicted octanol–water partition coefficient (Wildman–Crippen LogP) is 3.49. The lowest BCUT2D eigenvalue weighted by molar-refractivity contribution is 0.371. The first-order chi connectivity index (χ1) is 10.0. The highest BCUT2D eigenvalue weighted by Crippen LogP contribution is 2.43. The SMILES string of the molecule is OP(O)(=S)Oc1ccccc1-c1cccc2cccnc12. The van der Waals surface area contributed by atoms with E-state index in [0.717, 1.165) is 22.0 Å². The van der Waals surface area contributed by atoms with Gasteiger partial charge in [0.25, 0.3) is 0 Å². The maximum absolute atomic E-state index is 9.40. The van der Waals surface area contributed by atoms with Gasteiger partial charge in [0.05, 0.1) is 5.52 Å². The monoisotopic (exact) mass is 317 g/mol. The lowest BCUT2D eigenvalue weighted by atomic mass is 10.0. The Hall–Kier alpha value is -1.78. The van der Waals surface area contributed by atoms with Crippen molar-refractivity contribution >= 4 is 29.4 Å². The van der Waals surface area contributed by atoms with Gasteiger partial charge >= 0.3 is 6.72 Å². The summed E-state index contributed by atoms with van der Waals surface area (Å²) >= 11 is 4.56. The van der Waals surface area contributed by atoms with Gasteiger partial charge in [0.2, 0.25) is 0 Å². The van der Waals surface area contributed by atoms with Crippen LogP contribution in [-0.4, -0.2) is 14.8 Å². The number of rotatable bonds is 3. The Kier molecular flexibility index (Phi) is 3.74. The van der Waals surface area contributed by atoms with Gasteiger partial charge in [-0.2, -0.15) is 0 Å². The molecular formula is C15H12NO3PS. The Morgan fingerprint density at radius 1 is 0.905 bits per heavy atom. The molecule has 0 amide bonds. The molecule has 3 rings (SSSR count). The van der Waals surface area contributed by atoms with E-state index in [4.69, 9.17) is 4.52 Å². The predicted molar refractivity (Wildman–Crippen MR) is 86.5 cm³/mol. The fourth-order valence-electron chi connectivity index (χ4n) is 2.22. The van der Waals surface area contributed by atoms with E-state index in [1.165, 1.54) is 0 Å². The largest absolute Gasteiger partial charge is 0.424 e. The number of para-hydroxylation sites is 2. The van der Waals surface area contributed by atoms with Crippen LogP contribution in [0.15, 0.2) is 60.8 Å². The van der Waals surface area contributed by atoms with Gasteiger partial charge in [0.1, 0.15) is 5.75 Å². The Bertz CT molecular complexity index is 842. The standard InChI is InChI=1S/C15H12NO3PS/c17-20(18,21)19-14-9-2-1-7-12(14)13-8-3-5-11-6-4-10-16-15(11)13/h1-10H,(H2,17,18,21). The summed E-state index contributed by atoms with van der Waals surface area (Å²) in [6.07, 6.45) is 1.72. The van der Waals surface area contributed by atoms with Crippen molar-refractivity contribution in [2.24, 2.45) is 0 Å². The Balaban J connectivity index is 2.22. The quantitative estimate of drug-likeness (QED) is 0.724. The van der Waals surface area contributed by atoms with Crippen LogP contribution in [0, 0.1) is 0 Å². The Morgan fingerprint density at radius 3 is 2.43 bits per heavy atom. The molecule has 21 heavy (non-hydrogen) atoms. The van der Waals surface area contributed by atoms with Crippen molar-refractivity contribution in [3.05, 3.63) is 60.8 Å². The first-order valence-electron chi connectivity index (χ1n) is 6.23. The van der Waals surface area contributed by atoms with Gasteiger partial charge in [-0.05, 0) is 12.1 Å². The van der Waals surface area contributed by atoms with Crippen LogP contribution in [0.1, 0.15) is 0 Å². The molecule has 2 aromatic carbocycles. The molecule has 0 aliphatic rings. The summed E-state index contributed by atoms with van der Waals surface area (Å²) in [4.78, 5) is 23.2. The molecule has 0 atom stereocenters. The molecular weight excluding hydrogens is 305 g/mol. The fraction of sp³-hybridized carbons (Fsp3) is 0. The molecule has 0 saturated heterocycles. The van der Waals surface area contributed by atoms with Crippen LogP contribution in [0.3, 0.4) is 0 Å². The van der Waals surface area contributed by atoms with Crippen molar-refractivity contribution in [3.63, 3.8) is 0 Å². The minimum atomic E-state index is -3.78. The van der Waals surface area contributed by atoms with E-state index in [0.29, 0.717) is 5.75 Å². The van der Waals surface area contributed by atoms with Crippen LogP contribution in [-0.2, 0) is 11.8 Å². The summed E-state index contributed by atoms with van der Waals surface area (Å²) in [7, 11) is 0. The molecule has 0 saturated carbocycles. The van der Waals surface area contributed by atoms with E-state index >= 15 is 0 Å². The second kappa shape index (κ2) is 5.54. The minimum absolute atomic E-state index is 0.337. The molecule has 2 N–H and O–H groups in total. The zero-order valence-electron chi connectivity index (χ0n) is 10.9. The average Bonchev–Trinajstić information content (AvgIpc) is 2.46. The molecule has 3 aromatic rings. The first kappa shape index (κ1) is 14.2. The van der Waals surface area contributed by atoms with Crippen molar-refractivity contribution in [1.29, 1.82) is 0 Å². The molecule has 106 valence electrons. The topological polar surface area (TPSA) is 62.6 Å². The third kappa shape index (κ3) is 3.12. The van der Waals surface area contributed by atoms with Gasteiger partial charge < -0.3 is 14.3 Å². The van der Waals surface area contributed by atoms with Crippen molar-refractivity contribution < 1.29 is 14.3 Å². The zero-order chi connectivity index (χ0) is 14.9. The second-order valence-corrected chi connectivity index (χ2v) is 7.05. The summed E-state index contributed by atoms with van der Waals surface area (Å²) in [6.45, 7) is -3.78. The van der Waals surface area contributed by atoms with E-state index in [9.17, 15) is 9.79 Å². The van der Waals surface area contributed by atoms with Crippen LogP contribution in [0.25, 0.3) is 22.0 Å². The number of aromatic nitrogens is 1. The van der Waals surface area contributed by atoms with Crippen molar-refractivity contribution in [3.8, 4) is 16.9 Å². The molecule has 4 nitrogen and oxygen atoms in total. The molecule has 0 spiro atoms. The molecule has 0 bridgehead atoms. The lowest BCUT2D eigenvalue weighted by Gasteiger charge is -2.15. The summed E-state index contributed by atoms with van der Waals surface area (Å²) < 4.78 is 5.15. The van der Waals surface area contributed by atoms with E-state index in [2.05, 4.69) is 16.8 Å². The van der Waals surface area contributed by atoms with E-state index < -0.39 is 6.72 Å². The van der Waals surface area contributed by atoms with E-state index in [1.807, 2.05) is 42.5 Å². The van der Waals surface area contributed by atoms with Gasteiger partial charge in [-0.15, -0.1) is 0 Å². The van der Waals surface area contributed by atoms with E-state index in [1.54, 1.807) is 18.3 Å². The lowest BCUT2D eigenvalue weighted by Crippen LogP contribution is -1.93. The number of benzene rings is 2. The van der Waals surface area contributed by atoms with Crippen LogP contribution < -0.4 is 4.52 Å². The molecule has 0 radical (unpaired) electrons. The smallest absolute Gasteiger partial charge is 0.375 e. The summed E-state index contributed by atoms with van der Waals surface area (Å²) in [5, 5.41) is 0.997. The van der Waals surface area contributed by atoms with Crippen molar-refractivity contribution in [2.45, 2.75) is 0 Å². The summed E-state index contributed by atoms with van der Waals surface area (Å²) in [6, 6.07) is 16.7. The maximum atomic E-state index is 9.40. The molecule has 1 aromatic heterocycles. The highest BCUT2D eigenvalue weighted by atomic mass is 32.5. The molecule has 0 aliphatic carbocycles. The highest BCUT2D eigenvalue weighted by molar-refractivity contribution is 8.06. The normalized spacial score (nSPS) is 11.5. The fourth-order valence-corrected chi connectivity index (χ4v) is 2.87. The van der Waals surface area contributed by atoms with Crippen molar-refractivity contribution in [2.75, 3.05) is 0 Å². The first-order valence-corrected chi connectivity index (χ1v) is 8.85. The molecule has 0 aliphatic heterocycles. The molecule has 0 fully saturated rings. The second-order valence-electron chi connectivity index (χ2n) is 4.46. The Morgan fingerprint density at radius 2 is 1.62 bits per heavy atom. The average molecular weight is 317 g/mol.